The summed E-state index contributed by atoms with van der Waals surface area (Å²) < 4.78 is 5.35. The first-order valence-electron chi connectivity index (χ1n) is 8.20. The Morgan fingerprint density at radius 2 is 2.14 bits per heavy atom. The predicted octanol–water partition coefficient (Wildman–Crippen LogP) is 3.36. The molecule has 0 saturated carbocycles. The highest BCUT2D eigenvalue weighted by Crippen LogP contribution is 2.23. The molecular weight excluding hydrogens is 377 g/mol. The zero-order chi connectivity index (χ0) is 14.8. The van der Waals surface area contributed by atoms with Gasteiger partial charge in [-0.3, -0.25) is 4.99 Å². The quantitative estimate of drug-likeness (QED) is 0.288. The van der Waals surface area contributed by atoms with Crippen LogP contribution in [0.4, 0.5) is 0 Å². The third-order valence-electron chi connectivity index (χ3n) is 3.80. The van der Waals surface area contributed by atoms with Crippen molar-refractivity contribution in [2.75, 3.05) is 39.9 Å². The molecule has 0 aromatic carbocycles. The van der Waals surface area contributed by atoms with E-state index in [2.05, 4.69) is 29.1 Å². The molecule has 1 aliphatic heterocycles. The van der Waals surface area contributed by atoms with Gasteiger partial charge in [-0.15, -0.1) is 24.0 Å². The lowest BCUT2D eigenvalue weighted by Crippen LogP contribution is -2.40. The highest BCUT2D eigenvalue weighted by Gasteiger charge is 2.24. The van der Waals surface area contributed by atoms with Gasteiger partial charge in [0.2, 0.25) is 0 Å². The Morgan fingerprint density at radius 1 is 1.38 bits per heavy atom. The van der Waals surface area contributed by atoms with Gasteiger partial charge >= 0.3 is 0 Å². The molecule has 0 spiro atoms. The number of aliphatic imine (C=N–C) groups is 1. The van der Waals surface area contributed by atoms with Gasteiger partial charge in [0.1, 0.15) is 0 Å². The van der Waals surface area contributed by atoms with Crippen LogP contribution in [0.15, 0.2) is 4.99 Å². The van der Waals surface area contributed by atoms with Crippen molar-refractivity contribution in [1.29, 1.82) is 0 Å². The van der Waals surface area contributed by atoms with E-state index in [0.717, 1.165) is 63.5 Å². The van der Waals surface area contributed by atoms with Crippen molar-refractivity contribution < 1.29 is 4.74 Å². The van der Waals surface area contributed by atoms with Gasteiger partial charge in [0.15, 0.2) is 5.96 Å². The van der Waals surface area contributed by atoms with Crippen molar-refractivity contribution in [1.82, 2.24) is 10.2 Å². The average molecular weight is 411 g/mol. The molecule has 0 amide bonds. The van der Waals surface area contributed by atoms with Crippen molar-refractivity contribution >= 4 is 29.9 Å². The topological polar surface area (TPSA) is 36.9 Å². The van der Waals surface area contributed by atoms with E-state index in [-0.39, 0.29) is 24.0 Å². The molecule has 0 aromatic heterocycles. The van der Waals surface area contributed by atoms with Crippen LogP contribution in [0.3, 0.4) is 0 Å². The Labute approximate surface area is 148 Å². The number of nitrogens with one attached hydrogen (secondary N) is 1. The molecule has 1 saturated heterocycles. The largest absolute Gasteiger partial charge is 0.382 e. The summed E-state index contributed by atoms with van der Waals surface area (Å²) in [6.07, 6.45) is 4.90. The zero-order valence-corrected chi connectivity index (χ0v) is 16.6. The van der Waals surface area contributed by atoms with E-state index in [9.17, 15) is 0 Å². The second-order valence-electron chi connectivity index (χ2n) is 6.11. The second kappa shape index (κ2) is 12.5. The lowest BCUT2D eigenvalue weighted by Gasteiger charge is -2.22. The normalized spacial score (nSPS) is 19.0. The Hall–Kier alpha value is -0.0400. The number of hydrogen-bond acceptors (Lipinski definition) is 2. The molecule has 0 bridgehead atoms. The molecule has 21 heavy (non-hydrogen) atoms. The van der Waals surface area contributed by atoms with Crippen LogP contribution in [0.1, 0.15) is 46.5 Å². The summed E-state index contributed by atoms with van der Waals surface area (Å²) in [6.45, 7) is 11.7. The van der Waals surface area contributed by atoms with Crippen molar-refractivity contribution in [3.05, 3.63) is 0 Å². The summed E-state index contributed by atoms with van der Waals surface area (Å²) in [7, 11) is 1.89. The van der Waals surface area contributed by atoms with Gasteiger partial charge in [-0.2, -0.15) is 0 Å². The second-order valence-corrected chi connectivity index (χ2v) is 6.11. The van der Waals surface area contributed by atoms with Crippen molar-refractivity contribution in [2.45, 2.75) is 46.5 Å². The fourth-order valence-electron chi connectivity index (χ4n) is 2.89. The monoisotopic (exact) mass is 411 g/mol. The van der Waals surface area contributed by atoms with E-state index in [1.54, 1.807) is 0 Å². The first-order valence-corrected chi connectivity index (χ1v) is 8.20. The molecule has 0 aromatic rings. The van der Waals surface area contributed by atoms with E-state index in [1.807, 2.05) is 14.0 Å². The van der Waals surface area contributed by atoms with Crippen LogP contribution in [0.25, 0.3) is 0 Å². The third kappa shape index (κ3) is 8.86. The Morgan fingerprint density at radius 3 is 2.76 bits per heavy atom. The van der Waals surface area contributed by atoms with Gasteiger partial charge in [-0.1, -0.05) is 13.8 Å². The van der Waals surface area contributed by atoms with Crippen LogP contribution in [-0.4, -0.2) is 50.8 Å². The lowest BCUT2D eigenvalue weighted by atomic mass is 9.97. The molecule has 1 rings (SSSR count). The molecule has 1 unspecified atom stereocenters. The zero-order valence-electron chi connectivity index (χ0n) is 14.2. The molecular formula is C16H34IN3O. The van der Waals surface area contributed by atoms with Gasteiger partial charge in [-0.25, -0.2) is 0 Å². The van der Waals surface area contributed by atoms with Crippen LogP contribution >= 0.6 is 24.0 Å². The standard InChI is InChI=1S/C16H33N3O.HI/c1-5-20-11-7-6-9-18-16(17-4)19-10-8-15(13-19)12-14(2)3;/h14-15H,5-13H2,1-4H3,(H,17,18);1H. The summed E-state index contributed by atoms with van der Waals surface area (Å²) in [5.41, 5.74) is 0. The van der Waals surface area contributed by atoms with Crippen LogP contribution in [-0.2, 0) is 4.74 Å². The molecule has 0 radical (unpaired) electrons. The molecule has 1 aliphatic rings. The van der Waals surface area contributed by atoms with Crippen molar-refractivity contribution in [3.63, 3.8) is 0 Å². The molecule has 1 atom stereocenters. The van der Waals surface area contributed by atoms with Gasteiger partial charge in [0, 0.05) is 39.9 Å². The van der Waals surface area contributed by atoms with Gasteiger partial charge in [0.25, 0.3) is 0 Å². The Balaban J connectivity index is 0.00000400. The minimum absolute atomic E-state index is 0. The van der Waals surface area contributed by atoms with E-state index in [4.69, 9.17) is 4.74 Å². The molecule has 1 fully saturated rings. The van der Waals surface area contributed by atoms with Crippen molar-refractivity contribution in [3.8, 4) is 0 Å². The minimum atomic E-state index is 0. The molecule has 126 valence electrons. The average Bonchev–Trinajstić information content (AvgIpc) is 2.85. The first kappa shape index (κ1) is 21.0. The molecule has 1 heterocycles. The summed E-state index contributed by atoms with van der Waals surface area (Å²) in [4.78, 5) is 6.83. The summed E-state index contributed by atoms with van der Waals surface area (Å²) in [5.74, 6) is 2.72. The fraction of sp³-hybridized carbons (Fsp3) is 0.938. The Kier molecular flexibility index (Phi) is 12.5. The smallest absolute Gasteiger partial charge is 0.193 e. The number of rotatable bonds is 8. The summed E-state index contributed by atoms with van der Waals surface area (Å²) in [5, 5.41) is 3.48. The van der Waals surface area contributed by atoms with Crippen molar-refractivity contribution in [2.24, 2.45) is 16.8 Å². The maximum atomic E-state index is 5.35. The molecule has 1 N–H and O–H groups in total. The van der Waals surface area contributed by atoms with Crippen LogP contribution in [0, 0.1) is 11.8 Å². The number of ether oxygens (including phenoxy) is 1. The summed E-state index contributed by atoms with van der Waals surface area (Å²) in [6, 6.07) is 0. The molecule has 0 aliphatic carbocycles. The minimum Gasteiger partial charge on any atom is -0.382 e. The highest BCUT2D eigenvalue weighted by molar-refractivity contribution is 14.0. The maximum Gasteiger partial charge on any atom is 0.193 e. The predicted molar refractivity (Wildman–Crippen MR) is 102 cm³/mol. The van der Waals surface area contributed by atoms with E-state index >= 15 is 0 Å². The van der Waals surface area contributed by atoms with Gasteiger partial charge in [0.05, 0.1) is 0 Å². The maximum absolute atomic E-state index is 5.35. The number of unbranched alkanes of at least 4 members (excludes halogenated alkanes) is 1. The van der Waals surface area contributed by atoms with Gasteiger partial charge in [-0.05, 0) is 44.4 Å². The number of likely N-dealkylation sites (tertiary alicyclic amines) is 1. The number of hydrogen-bond donors (Lipinski definition) is 1. The molecule has 5 heteroatoms. The number of halogens is 1. The first-order chi connectivity index (χ1) is 9.67. The highest BCUT2D eigenvalue weighted by atomic mass is 127. The van der Waals surface area contributed by atoms with Crippen LogP contribution < -0.4 is 5.32 Å². The van der Waals surface area contributed by atoms with E-state index in [0.29, 0.717) is 0 Å². The number of guanidine groups is 1. The SMILES string of the molecule is CCOCCCCNC(=NC)N1CCC(CC(C)C)C1.I. The molecule has 4 nitrogen and oxygen atoms in total. The third-order valence-corrected chi connectivity index (χ3v) is 3.80. The lowest BCUT2D eigenvalue weighted by molar-refractivity contribution is 0.143. The van der Waals surface area contributed by atoms with E-state index in [1.165, 1.54) is 12.8 Å². The van der Waals surface area contributed by atoms with E-state index < -0.39 is 0 Å². The van der Waals surface area contributed by atoms with Gasteiger partial charge < -0.3 is 15.0 Å². The number of nitrogens with zero attached hydrogens (tertiary/aromatic N) is 2. The Bertz CT molecular complexity index is 285. The van der Waals surface area contributed by atoms with Crippen LogP contribution in [0.2, 0.25) is 0 Å². The summed E-state index contributed by atoms with van der Waals surface area (Å²) >= 11 is 0. The van der Waals surface area contributed by atoms with Crippen LogP contribution in [0.5, 0.6) is 0 Å². The fourth-order valence-corrected chi connectivity index (χ4v) is 2.89.